The number of rotatable bonds is 7. The summed E-state index contributed by atoms with van der Waals surface area (Å²) in [5.41, 5.74) is -0.715. The molecule has 0 bridgehead atoms. The molecule has 0 fully saturated rings. The lowest BCUT2D eigenvalue weighted by atomic mass is 9.85. The minimum absolute atomic E-state index is 0.0429. The number of nitrogens with one attached hydrogen (secondary N) is 2. The Kier molecular flexibility index (Phi) is 6.57. The normalized spacial score (nSPS) is 11.6. The van der Waals surface area contributed by atoms with Crippen molar-refractivity contribution < 1.29 is 22.0 Å². The minimum atomic E-state index is -4.06. The van der Waals surface area contributed by atoms with Crippen LogP contribution in [0, 0.1) is 23.0 Å². The predicted molar refractivity (Wildman–Crippen MR) is 116 cm³/mol. The third-order valence-electron chi connectivity index (χ3n) is 4.59. The van der Waals surface area contributed by atoms with E-state index in [1.54, 1.807) is 19.2 Å². The first kappa shape index (κ1) is 23.3. The molecule has 11 heteroatoms. The van der Waals surface area contributed by atoms with Crippen LogP contribution < -0.4 is 10.0 Å². The summed E-state index contributed by atoms with van der Waals surface area (Å²) in [6, 6.07) is 9.06. The molecule has 1 amide bonds. The molecule has 2 N–H and O–H groups in total. The third kappa shape index (κ3) is 5.09. The van der Waals surface area contributed by atoms with Crippen molar-refractivity contribution in [3.8, 4) is 6.07 Å². The lowest BCUT2D eigenvalue weighted by molar-refractivity contribution is 0.0946. The van der Waals surface area contributed by atoms with E-state index in [0.717, 1.165) is 29.5 Å². The van der Waals surface area contributed by atoms with Gasteiger partial charge in [-0.3, -0.25) is 9.52 Å². The van der Waals surface area contributed by atoms with Gasteiger partial charge in [0.1, 0.15) is 11.6 Å². The first-order chi connectivity index (χ1) is 15.0. The van der Waals surface area contributed by atoms with Gasteiger partial charge in [0.25, 0.3) is 15.9 Å². The zero-order valence-corrected chi connectivity index (χ0v) is 18.7. The third-order valence-corrected chi connectivity index (χ3v) is 6.74. The van der Waals surface area contributed by atoms with Crippen molar-refractivity contribution in [1.29, 1.82) is 5.26 Å². The van der Waals surface area contributed by atoms with Crippen LogP contribution in [0.3, 0.4) is 0 Å². The maximum absolute atomic E-state index is 14.5. The van der Waals surface area contributed by atoms with Crippen LogP contribution in [0.25, 0.3) is 0 Å². The van der Waals surface area contributed by atoms with Gasteiger partial charge in [0.05, 0.1) is 21.9 Å². The molecule has 0 unspecified atom stereocenters. The van der Waals surface area contributed by atoms with Gasteiger partial charge in [-0.1, -0.05) is 6.07 Å². The molecule has 0 spiro atoms. The molecular formula is C21H18F2N4O3S2. The summed E-state index contributed by atoms with van der Waals surface area (Å²) in [6.45, 7) is 3.10. The highest BCUT2D eigenvalue weighted by atomic mass is 32.2. The van der Waals surface area contributed by atoms with Gasteiger partial charge in [-0.2, -0.15) is 5.26 Å². The summed E-state index contributed by atoms with van der Waals surface area (Å²) in [7, 11) is -4.06. The van der Waals surface area contributed by atoms with Crippen LogP contribution in [0.2, 0.25) is 0 Å². The van der Waals surface area contributed by atoms with E-state index in [9.17, 15) is 27.3 Å². The molecule has 2 aromatic carbocycles. The summed E-state index contributed by atoms with van der Waals surface area (Å²) in [6.07, 6.45) is 1.42. The van der Waals surface area contributed by atoms with Crippen LogP contribution >= 0.6 is 11.3 Å². The van der Waals surface area contributed by atoms with Crippen molar-refractivity contribution in [3.63, 3.8) is 0 Å². The Balaban J connectivity index is 1.74. The number of benzene rings is 2. The van der Waals surface area contributed by atoms with E-state index in [1.807, 2.05) is 6.07 Å². The molecule has 7 nitrogen and oxygen atoms in total. The van der Waals surface area contributed by atoms with E-state index in [-0.39, 0.29) is 27.7 Å². The lowest BCUT2D eigenvalue weighted by Crippen LogP contribution is -2.25. The van der Waals surface area contributed by atoms with Crippen molar-refractivity contribution >= 4 is 32.4 Å². The van der Waals surface area contributed by atoms with Crippen LogP contribution in [0.15, 0.2) is 52.9 Å². The number of anilines is 1. The Morgan fingerprint density at radius 1 is 1.19 bits per heavy atom. The molecule has 0 aliphatic rings. The monoisotopic (exact) mass is 476 g/mol. The van der Waals surface area contributed by atoms with E-state index in [2.05, 4.69) is 15.0 Å². The van der Waals surface area contributed by atoms with E-state index in [1.165, 1.54) is 24.4 Å². The average Bonchev–Trinajstić information content (AvgIpc) is 3.25. The number of hydrogen-bond acceptors (Lipinski definition) is 6. The lowest BCUT2D eigenvalue weighted by Gasteiger charge is -2.18. The van der Waals surface area contributed by atoms with E-state index < -0.39 is 33.0 Å². The van der Waals surface area contributed by atoms with Crippen molar-refractivity contribution in [2.75, 3.05) is 4.72 Å². The molecule has 32 heavy (non-hydrogen) atoms. The van der Waals surface area contributed by atoms with Gasteiger partial charge in [-0.15, -0.1) is 11.3 Å². The Morgan fingerprint density at radius 3 is 2.56 bits per heavy atom. The molecule has 0 atom stereocenters. The maximum Gasteiger partial charge on any atom is 0.263 e. The van der Waals surface area contributed by atoms with Gasteiger partial charge in [0, 0.05) is 23.7 Å². The highest BCUT2D eigenvalue weighted by Gasteiger charge is 2.24. The summed E-state index contributed by atoms with van der Waals surface area (Å²) < 4.78 is 55.5. The summed E-state index contributed by atoms with van der Waals surface area (Å²) in [4.78, 5) is 15.9. The predicted octanol–water partition coefficient (Wildman–Crippen LogP) is 3.95. The SMILES string of the molecule is CC(C)(C#N)c1cc(CNC(=O)c2ccc(S(=O)(=O)Nc3nccs3)cc2F)ccc1F. The molecule has 1 aromatic heterocycles. The van der Waals surface area contributed by atoms with Gasteiger partial charge < -0.3 is 5.32 Å². The van der Waals surface area contributed by atoms with Crippen LogP contribution in [-0.2, 0) is 22.0 Å². The Hall–Kier alpha value is -3.36. The second-order valence-corrected chi connectivity index (χ2v) is 9.90. The average molecular weight is 477 g/mol. The fraction of sp³-hybridized carbons (Fsp3) is 0.190. The standard InChI is InChI=1S/C21H18F2N4O3S2/c1-21(2,12-24)16-9-13(3-6-17(16)22)11-26-19(28)15-5-4-14(10-18(15)23)32(29,30)27-20-25-7-8-31-20/h3-10H,11H2,1-2H3,(H,25,27)(H,26,28). The number of aromatic nitrogens is 1. The zero-order valence-electron chi connectivity index (χ0n) is 17.0. The van der Waals surface area contributed by atoms with Crippen LogP contribution in [0.5, 0.6) is 0 Å². The second-order valence-electron chi connectivity index (χ2n) is 7.32. The van der Waals surface area contributed by atoms with E-state index in [0.29, 0.717) is 5.56 Å². The number of thiazole rings is 1. The number of nitriles is 1. The number of hydrogen-bond donors (Lipinski definition) is 2. The number of halogens is 2. The topological polar surface area (TPSA) is 112 Å². The fourth-order valence-electron chi connectivity index (χ4n) is 2.79. The van der Waals surface area contributed by atoms with Gasteiger partial charge >= 0.3 is 0 Å². The van der Waals surface area contributed by atoms with Crippen molar-refractivity contribution in [2.45, 2.75) is 30.7 Å². The Labute approximate surface area is 187 Å². The molecule has 1 heterocycles. The smallest absolute Gasteiger partial charge is 0.263 e. The molecule has 0 radical (unpaired) electrons. The van der Waals surface area contributed by atoms with Crippen molar-refractivity contribution in [1.82, 2.24) is 10.3 Å². The molecule has 0 aliphatic heterocycles. The van der Waals surface area contributed by atoms with Crippen LogP contribution in [-0.4, -0.2) is 19.3 Å². The molecule has 3 aromatic rings. The summed E-state index contributed by atoms with van der Waals surface area (Å²) in [5, 5.41) is 13.5. The highest BCUT2D eigenvalue weighted by molar-refractivity contribution is 7.93. The Morgan fingerprint density at radius 2 is 1.94 bits per heavy atom. The Bertz CT molecular complexity index is 1300. The quantitative estimate of drug-likeness (QED) is 0.536. The van der Waals surface area contributed by atoms with E-state index in [4.69, 9.17) is 0 Å². The molecular weight excluding hydrogens is 458 g/mol. The van der Waals surface area contributed by atoms with Gasteiger partial charge in [-0.25, -0.2) is 22.2 Å². The largest absolute Gasteiger partial charge is 0.348 e. The van der Waals surface area contributed by atoms with Crippen molar-refractivity contribution in [3.05, 3.63) is 76.3 Å². The van der Waals surface area contributed by atoms with Gasteiger partial charge in [-0.05, 0) is 49.7 Å². The highest BCUT2D eigenvalue weighted by Crippen LogP contribution is 2.26. The number of carbonyl (C=O) groups excluding carboxylic acids is 1. The zero-order chi connectivity index (χ0) is 23.5. The number of sulfonamides is 1. The number of amides is 1. The van der Waals surface area contributed by atoms with E-state index >= 15 is 0 Å². The molecule has 0 aliphatic carbocycles. The van der Waals surface area contributed by atoms with Gasteiger partial charge in [0.15, 0.2) is 5.13 Å². The minimum Gasteiger partial charge on any atom is -0.348 e. The fourth-order valence-corrected chi connectivity index (χ4v) is 4.59. The summed E-state index contributed by atoms with van der Waals surface area (Å²) >= 11 is 1.07. The van der Waals surface area contributed by atoms with Crippen molar-refractivity contribution in [2.24, 2.45) is 0 Å². The summed E-state index contributed by atoms with van der Waals surface area (Å²) in [5.74, 6) is -2.33. The maximum atomic E-state index is 14.5. The van der Waals surface area contributed by atoms with Crippen LogP contribution in [0.1, 0.15) is 35.3 Å². The second kappa shape index (κ2) is 9.02. The first-order valence-electron chi connectivity index (χ1n) is 9.24. The first-order valence-corrected chi connectivity index (χ1v) is 11.6. The number of nitrogens with zero attached hydrogens (tertiary/aromatic N) is 2. The van der Waals surface area contributed by atoms with Crippen LogP contribution in [0.4, 0.5) is 13.9 Å². The molecule has 3 rings (SSSR count). The number of carbonyl (C=O) groups is 1. The molecule has 166 valence electrons. The molecule has 0 saturated carbocycles. The van der Waals surface area contributed by atoms with Gasteiger partial charge in [0.2, 0.25) is 0 Å². The molecule has 0 saturated heterocycles.